The summed E-state index contributed by atoms with van der Waals surface area (Å²) in [6, 6.07) is 11.1. The molecule has 5 nitrogen and oxygen atoms in total. The van der Waals surface area contributed by atoms with Gasteiger partial charge in [-0.3, -0.25) is 4.79 Å². The van der Waals surface area contributed by atoms with Gasteiger partial charge in [-0.05, 0) is 58.2 Å². The highest BCUT2D eigenvalue weighted by Gasteiger charge is 2.12. The number of nitrogens with one attached hydrogen (secondary N) is 1. The normalized spacial score (nSPS) is 10.7. The molecule has 2 rings (SSSR count). The van der Waals surface area contributed by atoms with Gasteiger partial charge >= 0.3 is 0 Å². The van der Waals surface area contributed by atoms with Gasteiger partial charge in [0, 0.05) is 11.9 Å². The highest BCUT2D eigenvalue weighted by molar-refractivity contribution is 9.10. The summed E-state index contributed by atoms with van der Waals surface area (Å²) in [4.78, 5) is 10.9. The van der Waals surface area contributed by atoms with Crippen LogP contribution >= 0.6 is 27.5 Å². The molecule has 132 valence electrons. The molecule has 2 aromatic carbocycles. The van der Waals surface area contributed by atoms with Crippen LogP contribution in [0.25, 0.3) is 0 Å². The topological polar surface area (TPSA) is 59.9 Å². The SMILES string of the molecule is CCOc1cc(/C=N\NC(C)=O)cc(Br)c1OCc1ccc(Cl)cc1. The summed E-state index contributed by atoms with van der Waals surface area (Å²) in [5, 5.41) is 4.54. The molecule has 0 heterocycles. The zero-order valence-electron chi connectivity index (χ0n) is 13.9. The van der Waals surface area contributed by atoms with E-state index in [0.29, 0.717) is 29.7 Å². The molecule has 0 bridgehead atoms. The van der Waals surface area contributed by atoms with Gasteiger partial charge in [0.15, 0.2) is 11.5 Å². The van der Waals surface area contributed by atoms with E-state index < -0.39 is 0 Å². The molecule has 0 aromatic heterocycles. The first-order chi connectivity index (χ1) is 12.0. The van der Waals surface area contributed by atoms with E-state index in [2.05, 4.69) is 26.5 Å². The van der Waals surface area contributed by atoms with Crippen molar-refractivity contribution in [1.82, 2.24) is 5.43 Å². The van der Waals surface area contributed by atoms with Crippen LogP contribution in [-0.4, -0.2) is 18.7 Å². The standard InChI is InChI=1S/C18H18BrClN2O3/c1-3-24-17-9-14(10-21-22-12(2)23)8-16(19)18(17)25-11-13-4-6-15(20)7-5-13/h4-10H,3,11H2,1-2H3,(H,22,23)/b21-10-. The molecule has 0 unspecified atom stereocenters. The average Bonchev–Trinajstić information content (AvgIpc) is 2.55. The molecular weight excluding hydrogens is 408 g/mol. The predicted molar refractivity (Wildman–Crippen MR) is 103 cm³/mol. The van der Waals surface area contributed by atoms with Crippen LogP contribution in [-0.2, 0) is 11.4 Å². The molecule has 1 N–H and O–H groups in total. The Morgan fingerprint density at radius 2 is 2.00 bits per heavy atom. The maximum atomic E-state index is 10.9. The van der Waals surface area contributed by atoms with Crippen molar-refractivity contribution in [2.45, 2.75) is 20.5 Å². The lowest BCUT2D eigenvalue weighted by Crippen LogP contribution is -2.12. The van der Waals surface area contributed by atoms with Crippen LogP contribution < -0.4 is 14.9 Å². The molecule has 0 saturated heterocycles. The van der Waals surface area contributed by atoms with Crippen molar-refractivity contribution in [2.75, 3.05) is 6.61 Å². The summed E-state index contributed by atoms with van der Waals surface area (Å²) in [5.41, 5.74) is 4.13. The molecule has 0 radical (unpaired) electrons. The van der Waals surface area contributed by atoms with Gasteiger partial charge in [0.1, 0.15) is 6.61 Å². The average molecular weight is 426 g/mol. The van der Waals surface area contributed by atoms with Gasteiger partial charge in [0.05, 0.1) is 17.3 Å². The van der Waals surface area contributed by atoms with Crippen LogP contribution in [0, 0.1) is 0 Å². The van der Waals surface area contributed by atoms with Crippen LogP contribution in [0.15, 0.2) is 46.0 Å². The van der Waals surface area contributed by atoms with E-state index in [1.54, 1.807) is 6.07 Å². The van der Waals surface area contributed by atoms with E-state index in [1.165, 1.54) is 13.1 Å². The molecule has 0 aliphatic carbocycles. The number of hydrazone groups is 1. The second-order valence-electron chi connectivity index (χ2n) is 5.10. The van der Waals surface area contributed by atoms with Gasteiger partial charge in [-0.2, -0.15) is 5.10 Å². The van der Waals surface area contributed by atoms with E-state index in [4.69, 9.17) is 21.1 Å². The Bertz CT molecular complexity index is 764. The lowest BCUT2D eigenvalue weighted by molar-refractivity contribution is -0.118. The Balaban J connectivity index is 2.19. The summed E-state index contributed by atoms with van der Waals surface area (Å²) < 4.78 is 12.3. The number of nitrogens with zero attached hydrogens (tertiary/aromatic N) is 1. The monoisotopic (exact) mass is 424 g/mol. The number of ether oxygens (including phenoxy) is 2. The largest absolute Gasteiger partial charge is 0.490 e. The van der Waals surface area contributed by atoms with E-state index in [1.807, 2.05) is 37.3 Å². The number of halogens is 2. The van der Waals surface area contributed by atoms with Crippen molar-refractivity contribution in [3.63, 3.8) is 0 Å². The molecule has 2 aromatic rings. The van der Waals surface area contributed by atoms with Gasteiger partial charge in [0.2, 0.25) is 5.91 Å². The first-order valence-corrected chi connectivity index (χ1v) is 8.80. The van der Waals surface area contributed by atoms with Crippen molar-refractivity contribution >= 4 is 39.7 Å². The molecule has 0 aliphatic heterocycles. The van der Waals surface area contributed by atoms with Gasteiger partial charge in [0.25, 0.3) is 0 Å². The molecule has 0 spiro atoms. The van der Waals surface area contributed by atoms with Gasteiger partial charge in [-0.1, -0.05) is 23.7 Å². The molecule has 25 heavy (non-hydrogen) atoms. The fourth-order valence-electron chi connectivity index (χ4n) is 2.00. The lowest BCUT2D eigenvalue weighted by atomic mass is 10.2. The quantitative estimate of drug-likeness (QED) is 0.523. The Morgan fingerprint density at radius 3 is 2.64 bits per heavy atom. The number of benzene rings is 2. The third kappa shape index (κ3) is 6.07. The molecule has 0 saturated carbocycles. The zero-order chi connectivity index (χ0) is 18.2. The number of carbonyl (C=O) groups is 1. The number of hydrogen-bond acceptors (Lipinski definition) is 4. The van der Waals surface area contributed by atoms with Crippen molar-refractivity contribution in [3.8, 4) is 11.5 Å². The number of rotatable bonds is 7. The van der Waals surface area contributed by atoms with Crippen LogP contribution in [0.1, 0.15) is 25.0 Å². The zero-order valence-corrected chi connectivity index (χ0v) is 16.2. The van der Waals surface area contributed by atoms with Gasteiger partial charge in [-0.25, -0.2) is 5.43 Å². The maximum Gasteiger partial charge on any atom is 0.236 e. The number of amides is 1. The molecule has 0 fully saturated rings. The minimum atomic E-state index is -0.233. The summed E-state index contributed by atoms with van der Waals surface area (Å²) in [6.07, 6.45) is 1.54. The van der Waals surface area contributed by atoms with E-state index >= 15 is 0 Å². The fourth-order valence-corrected chi connectivity index (χ4v) is 2.70. The first kappa shape index (κ1) is 19.3. The number of carbonyl (C=O) groups excluding carboxylic acids is 1. The highest BCUT2D eigenvalue weighted by atomic mass is 79.9. The van der Waals surface area contributed by atoms with Crippen LogP contribution in [0.3, 0.4) is 0 Å². The van der Waals surface area contributed by atoms with Gasteiger partial charge in [-0.15, -0.1) is 0 Å². The number of hydrogen-bond donors (Lipinski definition) is 1. The lowest BCUT2D eigenvalue weighted by Gasteiger charge is -2.14. The third-order valence-corrected chi connectivity index (χ3v) is 3.90. The van der Waals surface area contributed by atoms with Crippen molar-refractivity contribution < 1.29 is 14.3 Å². The maximum absolute atomic E-state index is 10.9. The van der Waals surface area contributed by atoms with Crippen LogP contribution in [0.2, 0.25) is 5.02 Å². The van der Waals surface area contributed by atoms with Crippen molar-refractivity contribution in [2.24, 2.45) is 5.10 Å². The minimum absolute atomic E-state index is 0.233. The van der Waals surface area contributed by atoms with Crippen molar-refractivity contribution in [1.29, 1.82) is 0 Å². The van der Waals surface area contributed by atoms with E-state index in [0.717, 1.165) is 15.6 Å². The third-order valence-electron chi connectivity index (χ3n) is 3.06. The summed E-state index contributed by atoms with van der Waals surface area (Å²) in [7, 11) is 0. The van der Waals surface area contributed by atoms with Crippen molar-refractivity contribution in [3.05, 3.63) is 57.0 Å². The van der Waals surface area contributed by atoms with Crippen LogP contribution in [0.4, 0.5) is 0 Å². The molecular formula is C18H18BrClN2O3. The smallest absolute Gasteiger partial charge is 0.236 e. The predicted octanol–water partition coefficient (Wildman–Crippen LogP) is 4.55. The molecule has 7 heteroatoms. The second-order valence-corrected chi connectivity index (χ2v) is 6.40. The second kappa shape index (κ2) is 9.44. The summed E-state index contributed by atoms with van der Waals surface area (Å²) in [6.45, 7) is 4.17. The van der Waals surface area contributed by atoms with E-state index in [9.17, 15) is 4.79 Å². The fraction of sp³-hybridized carbons (Fsp3) is 0.222. The molecule has 0 aliphatic rings. The Labute approximate surface area is 160 Å². The first-order valence-electron chi connectivity index (χ1n) is 7.62. The van der Waals surface area contributed by atoms with Crippen LogP contribution in [0.5, 0.6) is 11.5 Å². The minimum Gasteiger partial charge on any atom is -0.490 e. The Morgan fingerprint density at radius 1 is 1.28 bits per heavy atom. The Kier molecular flexibility index (Phi) is 7.28. The summed E-state index contributed by atoms with van der Waals surface area (Å²) >= 11 is 9.39. The van der Waals surface area contributed by atoms with Gasteiger partial charge < -0.3 is 9.47 Å². The highest BCUT2D eigenvalue weighted by Crippen LogP contribution is 2.37. The molecule has 1 amide bonds. The van der Waals surface area contributed by atoms with E-state index in [-0.39, 0.29) is 5.91 Å². The summed E-state index contributed by atoms with van der Waals surface area (Å²) in [5.74, 6) is 0.965. The molecule has 0 atom stereocenters. The Hall–Kier alpha value is -2.05.